The quantitative estimate of drug-likeness (QED) is 0.560. The average Bonchev–Trinajstić information content (AvgIpc) is 2.46. The number of rotatable bonds is 11. The lowest BCUT2D eigenvalue weighted by Crippen LogP contribution is -2.51. The monoisotopic (exact) mass is 304 g/mol. The molecule has 0 aromatic heterocycles. The molecular weight excluding hydrogens is 276 g/mol. The highest BCUT2D eigenvalue weighted by molar-refractivity contribution is 5.82. The number of urea groups is 1. The number of ether oxygens (including phenoxy) is 2. The molecule has 0 saturated heterocycles. The van der Waals surface area contributed by atoms with Crippen molar-refractivity contribution in [1.82, 2.24) is 10.2 Å². The summed E-state index contributed by atoms with van der Waals surface area (Å²) in [6.07, 6.45) is 1.37. The van der Waals surface area contributed by atoms with Gasteiger partial charge in [-0.15, -0.1) is 0 Å². The molecule has 0 fully saturated rings. The van der Waals surface area contributed by atoms with E-state index in [-0.39, 0.29) is 11.9 Å². The molecule has 1 unspecified atom stereocenters. The molecule has 2 atom stereocenters. The van der Waals surface area contributed by atoms with Gasteiger partial charge in [-0.1, -0.05) is 20.3 Å². The molecule has 2 amide bonds. The number of amides is 2. The number of carboxylic acid groups (broad SMARTS) is 1. The van der Waals surface area contributed by atoms with E-state index in [2.05, 4.69) is 5.32 Å². The van der Waals surface area contributed by atoms with Gasteiger partial charge in [0.25, 0.3) is 0 Å². The smallest absolute Gasteiger partial charge is 0.326 e. The Morgan fingerprint density at radius 1 is 1.19 bits per heavy atom. The summed E-state index contributed by atoms with van der Waals surface area (Å²) < 4.78 is 9.95. The first-order chi connectivity index (χ1) is 9.97. The standard InChI is InChI=1S/C14H28N2O5/c1-5-11(2)12(13(17)18)15-14(19)16(8-10-21-4)7-6-9-20-3/h11-12H,5-10H2,1-4H3,(H,15,19)(H,17,18)/t11?,12-/m0/s1. The topological polar surface area (TPSA) is 88.1 Å². The lowest BCUT2D eigenvalue weighted by atomic mass is 9.99. The summed E-state index contributed by atoms with van der Waals surface area (Å²) in [5.74, 6) is -1.14. The fourth-order valence-corrected chi connectivity index (χ4v) is 1.82. The zero-order chi connectivity index (χ0) is 16.3. The first kappa shape index (κ1) is 19.7. The van der Waals surface area contributed by atoms with E-state index in [0.717, 1.165) is 0 Å². The van der Waals surface area contributed by atoms with Crippen molar-refractivity contribution in [3.63, 3.8) is 0 Å². The van der Waals surface area contributed by atoms with Crippen LogP contribution in [-0.2, 0) is 14.3 Å². The minimum atomic E-state index is -1.01. The SMILES string of the molecule is CCC(C)[C@H](NC(=O)N(CCCOC)CCOC)C(=O)O. The maximum absolute atomic E-state index is 12.2. The maximum atomic E-state index is 12.2. The number of nitrogens with one attached hydrogen (secondary N) is 1. The van der Waals surface area contributed by atoms with Crippen molar-refractivity contribution in [2.45, 2.75) is 32.7 Å². The Bertz CT molecular complexity index is 312. The first-order valence-electron chi connectivity index (χ1n) is 7.24. The summed E-state index contributed by atoms with van der Waals surface area (Å²) in [4.78, 5) is 25.0. The number of aliphatic carboxylic acids is 1. The maximum Gasteiger partial charge on any atom is 0.326 e. The predicted molar refractivity (Wildman–Crippen MR) is 79.4 cm³/mol. The highest BCUT2D eigenvalue weighted by Crippen LogP contribution is 2.08. The van der Waals surface area contributed by atoms with E-state index in [1.54, 1.807) is 19.1 Å². The van der Waals surface area contributed by atoms with Crippen LogP contribution in [0.2, 0.25) is 0 Å². The van der Waals surface area contributed by atoms with Crippen LogP contribution in [0.15, 0.2) is 0 Å². The Morgan fingerprint density at radius 2 is 1.81 bits per heavy atom. The number of nitrogens with zero attached hydrogens (tertiary/aromatic N) is 1. The number of hydrogen-bond acceptors (Lipinski definition) is 4. The van der Waals surface area contributed by atoms with Gasteiger partial charge in [-0.25, -0.2) is 9.59 Å². The third-order valence-electron chi connectivity index (χ3n) is 3.39. The number of carboxylic acids is 1. The van der Waals surface area contributed by atoms with E-state index < -0.39 is 12.0 Å². The van der Waals surface area contributed by atoms with Crippen LogP contribution < -0.4 is 5.32 Å². The molecule has 7 heteroatoms. The van der Waals surface area contributed by atoms with Crippen LogP contribution in [0.25, 0.3) is 0 Å². The first-order valence-corrected chi connectivity index (χ1v) is 7.24. The van der Waals surface area contributed by atoms with Gasteiger partial charge < -0.3 is 24.8 Å². The number of carbonyl (C=O) groups excluding carboxylic acids is 1. The summed E-state index contributed by atoms with van der Waals surface area (Å²) in [7, 11) is 3.16. The summed E-state index contributed by atoms with van der Waals surface area (Å²) >= 11 is 0. The molecule has 0 aromatic rings. The Balaban J connectivity index is 4.63. The zero-order valence-corrected chi connectivity index (χ0v) is 13.4. The average molecular weight is 304 g/mol. The lowest BCUT2D eigenvalue weighted by molar-refractivity contribution is -0.140. The van der Waals surface area contributed by atoms with Crippen LogP contribution in [0.5, 0.6) is 0 Å². The van der Waals surface area contributed by atoms with Crippen LogP contribution in [0.1, 0.15) is 26.7 Å². The second-order valence-electron chi connectivity index (χ2n) is 4.98. The lowest BCUT2D eigenvalue weighted by Gasteiger charge is -2.27. The van der Waals surface area contributed by atoms with E-state index in [9.17, 15) is 14.7 Å². The van der Waals surface area contributed by atoms with Gasteiger partial charge >= 0.3 is 12.0 Å². The van der Waals surface area contributed by atoms with Crippen molar-refractivity contribution >= 4 is 12.0 Å². The Kier molecular flexibility index (Phi) is 10.6. The molecule has 0 heterocycles. The van der Waals surface area contributed by atoms with Gasteiger partial charge in [0.05, 0.1) is 6.61 Å². The molecule has 0 aliphatic rings. The van der Waals surface area contributed by atoms with Crippen LogP contribution >= 0.6 is 0 Å². The molecule has 0 aromatic carbocycles. The van der Waals surface area contributed by atoms with Crippen LogP contribution in [0.3, 0.4) is 0 Å². The second-order valence-corrected chi connectivity index (χ2v) is 4.98. The van der Waals surface area contributed by atoms with Gasteiger partial charge in [-0.2, -0.15) is 0 Å². The number of hydrogen-bond donors (Lipinski definition) is 2. The third-order valence-corrected chi connectivity index (χ3v) is 3.39. The fourth-order valence-electron chi connectivity index (χ4n) is 1.82. The van der Waals surface area contributed by atoms with Crippen molar-refractivity contribution in [1.29, 1.82) is 0 Å². The van der Waals surface area contributed by atoms with E-state index >= 15 is 0 Å². The van der Waals surface area contributed by atoms with Gasteiger partial charge in [0.15, 0.2) is 0 Å². The molecule has 124 valence electrons. The van der Waals surface area contributed by atoms with Crippen LogP contribution in [0.4, 0.5) is 4.79 Å². The second kappa shape index (κ2) is 11.3. The molecule has 0 rings (SSSR count). The molecule has 7 nitrogen and oxygen atoms in total. The van der Waals surface area contributed by atoms with E-state index in [0.29, 0.717) is 39.1 Å². The molecule has 0 bridgehead atoms. The Morgan fingerprint density at radius 3 is 2.29 bits per heavy atom. The largest absolute Gasteiger partial charge is 0.480 e. The van der Waals surface area contributed by atoms with Gasteiger partial charge in [-0.3, -0.25) is 0 Å². The number of carbonyl (C=O) groups is 2. The minimum Gasteiger partial charge on any atom is -0.480 e. The molecule has 0 aliphatic carbocycles. The van der Waals surface area contributed by atoms with Crippen molar-refractivity contribution < 1.29 is 24.2 Å². The Labute approximate surface area is 126 Å². The van der Waals surface area contributed by atoms with E-state index in [1.807, 2.05) is 13.8 Å². The van der Waals surface area contributed by atoms with Gasteiger partial charge in [-0.05, 0) is 12.3 Å². The predicted octanol–water partition coefficient (Wildman–Crippen LogP) is 1.18. The van der Waals surface area contributed by atoms with E-state index in [4.69, 9.17) is 9.47 Å². The van der Waals surface area contributed by atoms with E-state index in [1.165, 1.54) is 0 Å². The summed E-state index contributed by atoms with van der Waals surface area (Å²) in [5, 5.41) is 11.8. The number of methoxy groups -OCH3 is 2. The highest BCUT2D eigenvalue weighted by atomic mass is 16.5. The molecule has 0 aliphatic heterocycles. The highest BCUT2D eigenvalue weighted by Gasteiger charge is 2.27. The molecule has 21 heavy (non-hydrogen) atoms. The molecule has 0 radical (unpaired) electrons. The summed E-state index contributed by atoms with van der Waals surface area (Å²) in [6, 6.07) is -1.26. The van der Waals surface area contributed by atoms with Crippen LogP contribution in [-0.4, -0.2) is 68.6 Å². The molecule has 0 saturated carbocycles. The van der Waals surface area contributed by atoms with Gasteiger partial charge in [0.1, 0.15) is 6.04 Å². The van der Waals surface area contributed by atoms with Gasteiger partial charge in [0, 0.05) is 33.9 Å². The minimum absolute atomic E-state index is 0.130. The third kappa shape index (κ3) is 7.87. The van der Waals surface area contributed by atoms with Crippen molar-refractivity contribution in [2.75, 3.05) is 40.5 Å². The Hall–Kier alpha value is -1.34. The molecule has 2 N–H and O–H groups in total. The molecule has 0 spiro atoms. The van der Waals surface area contributed by atoms with Crippen molar-refractivity contribution in [3.8, 4) is 0 Å². The molecular formula is C14H28N2O5. The fraction of sp³-hybridized carbons (Fsp3) is 0.857. The van der Waals surface area contributed by atoms with Crippen molar-refractivity contribution in [2.24, 2.45) is 5.92 Å². The van der Waals surface area contributed by atoms with Gasteiger partial charge in [0.2, 0.25) is 0 Å². The normalized spacial score (nSPS) is 13.5. The summed E-state index contributed by atoms with van der Waals surface area (Å²) in [5.41, 5.74) is 0. The summed E-state index contributed by atoms with van der Waals surface area (Å²) in [6.45, 7) is 5.57. The van der Waals surface area contributed by atoms with Crippen LogP contribution in [0, 0.1) is 5.92 Å². The van der Waals surface area contributed by atoms with Crippen molar-refractivity contribution in [3.05, 3.63) is 0 Å². The zero-order valence-electron chi connectivity index (χ0n) is 13.4.